The fourth-order valence-corrected chi connectivity index (χ4v) is 1.27. The zero-order chi connectivity index (χ0) is 7.68. The summed E-state index contributed by atoms with van der Waals surface area (Å²) in [6.45, 7) is 2.08. The molecule has 0 spiro atoms. The maximum Gasteiger partial charge on any atom is 0.171 e. The van der Waals surface area contributed by atoms with Gasteiger partial charge in [0.05, 0.1) is 0 Å². The SMILES string of the molecule is CCC1OOc2ccccc21. The molecule has 58 valence electrons. The van der Waals surface area contributed by atoms with Gasteiger partial charge in [0.2, 0.25) is 0 Å². The van der Waals surface area contributed by atoms with E-state index >= 15 is 0 Å². The average molecular weight is 150 g/mol. The van der Waals surface area contributed by atoms with E-state index in [1.807, 2.05) is 24.3 Å². The van der Waals surface area contributed by atoms with Crippen LogP contribution in [0.1, 0.15) is 25.0 Å². The van der Waals surface area contributed by atoms with Crippen LogP contribution in [0.5, 0.6) is 5.75 Å². The van der Waals surface area contributed by atoms with Crippen molar-refractivity contribution >= 4 is 0 Å². The Morgan fingerprint density at radius 3 is 3.00 bits per heavy atom. The second kappa shape index (κ2) is 2.55. The molecule has 0 saturated carbocycles. The van der Waals surface area contributed by atoms with Gasteiger partial charge in [-0.3, -0.25) is 0 Å². The third kappa shape index (κ3) is 0.994. The third-order valence-electron chi connectivity index (χ3n) is 1.89. The quantitative estimate of drug-likeness (QED) is 0.572. The van der Waals surface area contributed by atoms with Crippen molar-refractivity contribution in [3.8, 4) is 5.75 Å². The van der Waals surface area contributed by atoms with E-state index in [0.717, 1.165) is 17.7 Å². The Morgan fingerprint density at radius 2 is 2.18 bits per heavy atom. The monoisotopic (exact) mass is 150 g/mol. The van der Waals surface area contributed by atoms with Crippen LogP contribution < -0.4 is 4.89 Å². The lowest BCUT2D eigenvalue weighted by Crippen LogP contribution is -1.93. The van der Waals surface area contributed by atoms with Crippen molar-refractivity contribution < 1.29 is 9.78 Å². The standard InChI is InChI=1S/C9H10O2/c1-2-8-7-5-3-4-6-9(7)11-10-8/h3-6,8H,2H2,1H3. The van der Waals surface area contributed by atoms with Crippen molar-refractivity contribution in [1.82, 2.24) is 0 Å². The molecular weight excluding hydrogens is 140 g/mol. The maximum absolute atomic E-state index is 5.07. The van der Waals surface area contributed by atoms with Crippen molar-refractivity contribution in [3.05, 3.63) is 29.8 Å². The fourth-order valence-electron chi connectivity index (χ4n) is 1.27. The first-order valence-electron chi connectivity index (χ1n) is 3.84. The predicted molar refractivity (Wildman–Crippen MR) is 41.2 cm³/mol. The molecule has 0 saturated heterocycles. The molecule has 1 heterocycles. The molecule has 0 aromatic heterocycles. The molecule has 1 atom stereocenters. The number of hydrogen-bond donors (Lipinski definition) is 0. The summed E-state index contributed by atoms with van der Waals surface area (Å²) < 4.78 is 0. The van der Waals surface area contributed by atoms with Gasteiger partial charge in [-0.05, 0) is 12.5 Å². The van der Waals surface area contributed by atoms with Gasteiger partial charge in [-0.1, -0.05) is 25.1 Å². The second-order valence-corrected chi connectivity index (χ2v) is 2.61. The van der Waals surface area contributed by atoms with Gasteiger partial charge in [0.15, 0.2) is 5.75 Å². The van der Waals surface area contributed by atoms with E-state index in [0.29, 0.717) is 0 Å². The van der Waals surface area contributed by atoms with Gasteiger partial charge in [-0.25, -0.2) is 0 Å². The van der Waals surface area contributed by atoms with Gasteiger partial charge in [-0.2, -0.15) is 4.89 Å². The minimum atomic E-state index is 0.131. The Bertz CT molecular complexity index is 257. The highest BCUT2D eigenvalue weighted by atomic mass is 17.2. The molecule has 1 aromatic rings. The molecule has 1 aromatic carbocycles. The molecule has 1 aliphatic rings. The summed E-state index contributed by atoms with van der Waals surface area (Å²) >= 11 is 0. The van der Waals surface area contributed by atoms with Crippen LogP contribution in [0.25, 0.3) is 0 Å². The molecule has 0 fully saturated rings. The van der Waals surface area contributed by atoms with E-state index in [2.05, 4.69) is 6.92 Å². The average Bonchev–Trinajstić information content (AvgIpc) is 2.47. The Morgan fingerprint density at radius 1 is 1.36 bits per heavy atom. The third-order valence-corrected chi connectivity index (χ3v) is 1.89. The highest BCUT2D eigenvalue weighted by Crippen LogP contribution is 2.35. The maximum atomic E-state index is 5.07. The molecule has 0 bridgehead atoms. The van der Waals surface area contributed by atoms with E-state index in [4.69, 9.17) is 9.78 Å². The first-order chi connectivity index (χ1) is 5.42. The summed E-state index contributed by atoms with van der Waals surface area (Å²) in [5.41, 5.74) is 1.16. The van der Waals surface area contributed by atoms with Gasteiger partial charge in [-0.15, -0.1) is 0 Å². The predicted octanol–water partition coefficient (Wildman–Crippen LogP) is 2.46. The molecule has 0 N–H and O–H groups in total. The Kier molecular flexibility index (Phi) is 1.55. The number of benzene rings is 1. The van der Waals surface area contributed by atoms with E-state index < -0.39 is 0 Å². The Balaban J connectivity index is 2.39. The smallest absolute Gasteiger partial charge is 0.171 e. The normalized spacial score (nSPS) is 21.0. The number of para-hydroxylation sites is 1. The van der Waals surface area contributed by atoms with Crippen LogP contribution in [-0.2, 0) is 4.89 Å². The van der Waals surface area contributed by atoms with Gasteiger partial charge >= 0.3 is 0 Å². The summed E-state index contributed by atoms with van der Waals surface area (Å²) in [5, 5.41) is 0. The van der Waals surface area contributed by atoms with E-state index in [1.54, 1.807) is 0 Å². The summed E-state index contributed by atoms with van der Waals surface area (Å²) in [6.07, 6.45) is 1.09. The Hall–Kier alpha value is -1.02. The van der Waals surface area contributed by atoms with Crippen molar-refractivity contribution in [2.24, 2.45) is 0 Å². The van der Waals surface area contributed by atoms with Crippen LogP contribution in [-0.4, -0.2) is 0 Å². The lowest BCUT2D eigenvalue weighted by Gasteiger charge is -2.00. The lowest BCUT2D eigenvalue weighted by molar-refractivity contribution is -0.224. The van der Waals surface area contributed by atoms with Crippen LogP contribution in [0.4, 0.5) is 0 Å². The van der Waals surface area contributed by atoms with Crippen molar-refractivity contribution in [2.75, 3.05) is 0 Å². The summed E-state index contributed by atoms with van der Waals surface area (Å²) in [5.74, 6) is 0.861. The highest BCUT2D eigenvalue weighted by molar-refractivity contribution is 5.36. The van der Waals surface area contributed by atoms with E-state index in [9.17, 15) is 0 Å². The number of hydrogen-bond acceptors (Lipinski definition) is 2. The summed E-state index contributed by atoms with van der Waals surface area (Å²) in [4.78, 5) is 10.1. The van der Waals surface area contributed by atoms with Gasteiger partial charge in [0.1, 0.15) is 6.10 Å². The van der Waals surface area contributed by atoms with Crippen molar-refractivity contribution in [3.63, 3.8) is 0 Å². The second-order valence-electron chi connectivity index (χ2n) is 2.61. The highest BCUT2D eigenvalue weighted by Gasteiger charge is 2.23. The molecule has 2 nitrogen and oxygen atoms in total. The molecule has 0 aliphatic carbocycles. The molecular formula is C9H10O2. The van der Waals surface area contributed by atoms with Crippen molar-refractivity contribution in [2.45, 2.75) is 19.4 Å². The molecule has 1 aliphatic heterocycles. The molecule has 2 heteroatoms. The molecule has 0 radical (unpaired) electrons. The zero-order valence-corrected chi connectivity index (χ0v) is 6.41. The molecule has 2 rings (SSSR count). The first kappa shape index (κ1) is 6.68. The summed E-state index contributed by atoms with van der Waals surface area (Å²) in [7, 11) is 0. The molecule has 11 heavy (non-hydrogen) atoms. The van der Waals surface area contributed by atoms with Crippen LogP contribution in [0, 0.1) is 0 Å². The van der Waals surface area contributed by atoms with Gasteiger partial charge in [0.25, 0.3) is 0 Å². The fraction of sp³-hybridized carbons (Fsp3) is 0.333. The first-order valence-corrected chi connectivity index (χ1v) is 3.84. The van der Waals surface area contributed by atoms with Crippen LogP contribution in [0.2, 0.25) is 0 Å². The number of rotatable bonds is 1. The molecule has 1 unspecified atom stereocenters. The van der Waals surface area contributed by atoms with Gasteiger partial charge < -0.3 is 4.89 Å². The molecule has 0 amide bonds. The lowest BCUT2D eigenvalue weighted by atomic mass is 10.1. The summed E-state index contributed by atoms with van der Waals surface area (Å²) in [6, 6.07) is 7.90. The van der Waals surface area contributed by atoms with Crippen LogP contribution >= 0.6 is 0 Å². The number of fused-ring (bicyclic) bond motifs is 1. The minimum absolute atomic E-state index is 0.131. The van der Waals surface area contributed by atoms with Crippen LogP contribution in [0.15, 0.2) is 24.3 Å². The Labute approximate surface area is 65.7 Å². The van der Waals surface area contributed by atoms with Crippen LogP contribution in [0.3, 0.4) is 0 Å². The topological polar surface area (TPSA) is 18.5 Å². The zero-order valence-electron chi connectivity index (χ0n) is 6.41. The van der Waals surface area contributed by atoms with Gasteiger partial charge in [0, 0.05) is 5.56 Å². The van der Waals surface area contributed by atoms with E-state index in [-0.39, 0.29) is 6.10 Å². The largest absolute Gasteiger partial charge is 0.337 e. The minimum Gasteiger partial charge on any atom is -0.337 e. The van der Waals surface area contributed by atoms with E-state index in [1.165, 1.54) is 0 Å². The van der Waals surface area contributed by atoms with Crippen molar-refractivity contribution in [1.29, 1.82) is 0 Å².